The van der Waals surface area contributed by atoms with Crippen LogP contribution in [0.5, 0.6) is 23.1 Å². The van der Waals surface area contributed by atoms with Gasteiger partial charge in [-0.25, -0.2) is 0 Å². The Morgan fingerprint density at radius 3 is 1.78 bits per heavy atom. The van der Waals surface area contributed by atoms with Crippen LogP contribution in [0.4, 0.5) is 11.5 Å². The van der Waals surface area contributed by atoms with Crippen molar-refractivity contribution in [1.29, 1.82) is 0 Å². The van der Waals surface area contributed by atoms with E-state index in [1.807, 2.05) is 91.0 Å². The van der Waals surface area contributed by atoms with Gasteiger partial charge < -0.3 is 14.8 Å². The van der Waals surface area contributed by atoms with Gasteiger partial charge in [-0.3, -0.25) is 0 Å². The van der Waals surface area contributed by atoms with Crippen molar-refractivity contribution in [3.05, 3.63) is 91.0 Å². The van der Waals surface area contributed by atoms with E-state index in [4.69, 9.17) is 9.47 Å². The van der Waals surface area contributed by atoms with Crippen LogP contribution in [-0.2, 0) is 0 Å². The summed E-state index contributed by atoms with van der Waals surface area (Å²) in [4.78, 5) is 0. The summed E-state index contributed by atoms with van der Waals surface area (Å²) in [5, 5.41) is 15.1. The molecular formula is C21H16N4O2. The molecule has 0 saturated carbocycles. The Labute approximate surface area is 156 Å². The van der Waals surface area contributed by atoms with E-state index in [0.29, 0.717) is 23.1 Å². The molecular weight excluding hydrogens is 340 g/mol. The zero-order chi connectivity index (χ0) is 18.3. The molecule has 1 aromatic heterocycles. The van der Waals surface area contributed by atoms with Crippen LogP contribution in [0.3, 0.4) is 0 Å². The van der Waals surface area contributed by atoms with E-state index in [1.54, 1.807) is 0 Å². The molecule has 27 heavy (non-hydrogen) atoms. The minimum absolute atomic E-state index is 0.221. The first-order chi connectivity index (χ1) is 13.4. The van der Waals surface area contributed by atoms with E-state index in [-0.39, 0.29) is 5.88 Å². The SMILES string of the molecule is c1ccc(Nc2nnnc(Oc3ccccc3)c2Oc2ccccc2)cc1. The van der Waals surface area contributed by atoms with Crippen LogP contribution in [0.25, 0.3) is 0 Å². The maximum atomic E-state index is 6.03. The van der Waals surface area contributed by atoms with E-state index in [0.717, 1.165) is 5.69 Å². The molecule has 0 bridgehead atoms. The summed E-state index contributed by atoms with van der Waals surface area (Å²) < 4.78 is 11.9. The third-order valence-corrected chi connectivity index (χ3v) is 3.65. The van der Waals surface area contributed by atoms with Gasteiger partial charge in [0.2, 0.25) is 11.6 Å². The van der Waals surface area contributed by atoms with Crippen molar-refractivity contribution in [3.8, 4) is 23.1 Å². The summed E-state index contributed by atoms with van der Waals surface area (Å²) in [5.74, 6) is 2.25. The zero-order valence-electron chi connectivity index (χ0n) is 14.3. The number of para-hydroxylation sites is 3. The Morgan fingerprint density at radius 2 is 1.15 bits per heavy atom. The highest BCUT2D eigenvalue weighted by molar-refractivity contribution is 5.65. The molecule has 4 rings (SSSR count). The van der Waals surface area contributed by atoms with Gasteiger partial charge in [0.1, 0.15) is 11.5 Å². The van der Waals surface area contributed by atoms with Gasteiger partial charge in [-0.15, -0.1) is 5.10 Å². The fourth-order valence-corrected chi connectivity index (χ4v) is 2.41. The lowest BCUT2D eigenvalue weighted by molar-refractivity contribution is 0.395. The van der Waals surface area contributed by atoms with E-state index in [1.165, 1.54) is 0 Å². The Balaban J connectivity index is 1.72. The van der Waals surface area contributed by atoms with Crippen molar-refractivity contribution in [2.24, 2.45) is 0 Å². The molecule has 3 aromatic carbocycles. The van der Waals surface area contributed by atoms with Crippen LogP contribution in [0.2, 0.25) is 0 Å². The minimum atomic E-state index is 0.221. The molecule has 0 spiro atoms. The molecule has 1 heterocycles. The maximum absolute atomic E-state index is 6.03. The quantitative estimate of drug-likeness (QED) is 0.512. The average Bonchev–Trinajstić information content (AvgIpc) is 2.73. The number of anilines is 2. The summed E-state index contributed by atoms with van der Waals surface area (Å²) in [6.07, 6.45) is 0. The predicted octanol–water partition coefficient (Wildman–Crippen LogP) is 5.20. The molecule has 6 nitrogen and oxygen atoms in total. The molecule has 0 aliphatic heterocycles. The lowest BCUT2D eigenvalue weighted by atomic mass is 10.3. The topological polar surface area (TPSA) is 69.2 Å². The Hall–Kier alpha value is -3.93. The number of hydrogen-bond acceptors (Lipinski definition) is 6. The standard InChI is InChI=1S/C21H16N4O2/c1-4-10-16(11-5-1)22-20-19(26-17-12-6-2-7-13-17)21(24-25-23-20)27-18-14-8-3-9-15-18/h1-15H,(H,22,23,24). The fraction of sp³-hybridized carbons (Fsp3) is 0. The number of benzene rings is 3. The molecule has 1 N–H and O–H groups in total. The summed E-state index contributed by atoms with van der Waals surface area (Å²) in [5.41, 5.74) is 0.849. The molecule has 0 amide bonds. The largest absolute Gasteiger partial charge is 0.448 e. The molecule has 6 heteroatoms. The van der Waals surface area contributed by atoms with Gasteiger partial charge in [-0.1, -0.05) is 59.7 Å². The number of hydrogen-bond donors (Lipinski definition) is 1. The Bertz CT molecular complexity index is 937. The minimum Gasteiger partial charge on any atom is -0.448 e. The molecule has 0 fully saturated rings. The van der Waals surface area contributed by atoms with Crippen molar-refractivity contribution in [1.82, 2.24) is 15.4 Å². The highest BCUT2D eigenvalue weighted by Crippen LogP contribution is 2.38. The summed E-state index contributed by atoms with van der Waals surface area (Å²) in [7, 11) is 0. The highest BCUT2D eigenvalue weighted by atomic mass is 16.5. The van der Waals surface area contributed by atoms with Crippen molar-refractivity contribution in [2.45, 2.75) is 0 Å². The van der Waals surface area contributed by atoms with Crippen molar-refractivity contribution >= 4 is 11.5 Å². The van der Waals surface area contributed by atoms with E-state index in [2.05, 4.69) is 20.7 Å². The first kappa shape index (κ1) is 16.5. The molecule has 132 valence electrons. The molecule has 4 aromatic rings. The lowest BCUT2D eigenvalue weighted by Crippen LogP contribution is -2.03. The van der Waals surface area contributed by atoms with Crippen molar-refractivity contribution in [2.75, 3.05) is 5.32 Å². The number of nitrogens with one attached hydrogen (secondary N) is 1. The Morgan fingerprint density at radius 1 is 0.593 bits per heavy atom. The number of rotatable bonds is 6. The second-order valence-corrected chi connectivity index (χ2v) is 5.59. The number of nitrogens with zero attached hydrogens (tertiary/aromatic N) is 3. The molecule has 0 aliphatic carbocycles. The first-order valence-corrected chi connectivity index (χ1v) is 8.40. The highest BCUT2D eigenvalue weighted by Gasteiger charge is 2.18. The summed E-state index contributed by atoms with van der Waals surface area (Å²) >= 11 is 0. The number of ether oxygens (including phenoxy) is 2. The smallest absolute Gasteiger partial charge is 0.288 e. The van der Waals surface area contributed by atoms with Gasteiger partial charge in [-0.05, 0) is 41.6 Å². The summed E-state index contributed by atoms with van der Waals surface area (Å²) in [6, 6.07) is 28.4. The van der Waals surface area contributed by atoms with Gasteiger partial charge >= 0.3 is 0 Å². The van der Waals surface area contributed by atoms with E-state index < -0.39 is 0 Å². The van der Waals surface area contributed by atoms with Crippen LogP contribution >= 0.6 is 0 Å². The van der Waals surface area contributed by atoms with Crippen LogP contribution in [0.15, 0.2) is 91.0 Å². The lowest BCUT2D eigenvalue weighted by Gasteiger charge is -2.14. The van der Waals surface area contributed by atoms with Crippen molar-refractivity contribution in [3.63, 3.8) is 0 Å². The second kappa shape index (κ2) is 7.97. The normalized spacial score (nSPS) is 10.2. The third-order valence-electron chi connectivity index (χ3n) is 3.65. The van der Waals surface area contributed by atoms with Crippen LogP contribution < -0.4 is 14.8 Å². The number of aromatic nitrogens is 3. The predicted molar refractivity (Wildman–Crippen MR) is 103 cm³/mol. The first-order valence-electron chi connectivity index (χ1n) is 8.40. The maximum Gasteiger partial charge on any atom is 0.288 e. The summed E-state index contributed by atoms with van der Waals surface area (Å²) in [6.45, 7) is 0. The third kappa shape index (κ3) is 4.19. The average molecular weight is 356 g/mol. The van der Waals surface area contributed by atoms with E-state index >= 15 is 0 Å². The van der Waals surface area contributed by atoms with Gasteiger partial charge in [0.15, 0.2) is 0 Å². The molecule has 0 saturated heterocycles. The molecule has 0 aliphatic rings. The van der Waals surface area contributed by atoms with Crippen LogP contribution in [0, 0.1) is 0 Å². The zero-order valence-corrected chi connectivity index (χ0v) is 14.3. The monoisotopic (exact) mass is 356 g/mol. The van der Waals surface area contributed by atoms with Crippen molar-refractivity contribution < 1.29 is 9.47 Å². The van der Waals surface area contributed by atoms with Gasteiger partial charge in [0, 0.05) is 5.69 Å². The second-order valence-electron chi connectivity index (χ2n) is 5.59. The van der Waals surface area contributed by atoms with E-state index in [9.17, 15) is 0 Å². The van der Waals surface area contributed by atoms with Crippen LogP contribution in [0.1, 0.15) is 0 Å². The van der Waals surface area contributed by atoms with Gasteiger partial charge in [-0.2, -0.15) is 0 Å². The fourth-order valence-electron chi connectivity index (χ4n) is 2.41. The van der Waals surface area contributed by atoms with Gasteiger partial charge in [0.25, 0.3) is 5.88 Å². The molecule has 0 atom stereocenters. The Kier molecular flexibility index (Phi) is 4.88. The van der Waals surface area contributed by atoms with Crippen LogP contribution in [-0.4, -0.2) is 15.4 Å². The molecule has 0 unspecified atom stereocenters. The van der Waals surface area contributed by atoms with Gasteiger partial charge in [0.05, 0.1) is 0 Å². The molecule has 0 radical (unpaired) electrons.